The molecule has 0 aromatic heterocycles. The minimum atomic E-state index is -4.94. The maximum Gasteiger partial charge on any atom is 0.211 e. The van der Waals surface area contributed by atoms with Crippen LogP contribution in [0.15, 0.2) is 254 Å². The summed E-state index contributed by atoms with van der Waals surface area (Å²) in [6.45, 7) is 21.0. The molecule has 0 spiro atoms. The van der Waals surface area contributed by atoms with Crippen molar-refractivity contribution in [3.05, 3.63) is 287 Å². The van der Waals surface area contributed by atoms with E-state index in [-0.39, 0.29) is 21.7 Å². The van der Waals surface area contributed by atoms with Crippen molar-refractivity contribution >= 4 is 89.0 Å². The highest BCUT2D eigenvalue weighted by atomic mass is 35.7. The van der Waals surface area contributed by atoms with Crippen LogP contribution in [0.5, 0.6) is 0 Å². The lowest BCUT2D eigenvalue weighted by molar-refractivity contribution is -2.00. The summed E-state index contributed by atoms with van der Waals surface area (Å²) in [6, 6.07) is 77.3. The fourth-order valence-electron chi connectivity index (χ4n) is 16.4. The molecule has 0 fully saturated rings. The zero-order chi connectivity index (χ0) is 68.7. The molecule has 4 aliphatic rings. The summed E-state index contributed by atoms with van der Waals surface area (Å²) < 4.78 is 73.2. The Morgan fingerprint density at radius 1 is 0.381 bits per heavy atom. The van der Waals surface area contributed by atoms with Crippen LogP contribution in [0.1, 0.15) is 102 Å². The molecule has 0 radical (unpaired) electrons. The summed E-state index contributed by atoms with van der Waals surface area (Å²) >= 11 is 2.01. The standard InChI is InChI=1S/C82H80N4S.2ClHO4/c1-9-81(53-57-29-15-13-16-30-57)73(83(11-3)69-51-47-61-35-21-25-39-65(61)77(69)81)43-27-41-71-79(5,6)75-63-37-23-19-33-59(63)45-49-67(75)85(71)55-87-56-86-68-50-46-60-34-20-24-38-64(60)76(68)80(7,8)72(86)42-28-44-74-82(10-2,54-58-31-17-14-18-32-58)78-66-40-26-22-36-62(66)48-52-70(78)84(74)12-4;2*2-1(3,4)5/h13-52H,9-12,53-56H2,1-8H3;2*(H,2,3,4,5)/q+2;;/p-2. The lowest BCUT2D eigenvalue weighted by Crippen LogP contribution is -2.68. The number of halogens is 2. The predicted molar refractivity (Wildman–Crippen MR) is 374 cm³/mol. The number of hydrogen-bond acceptors (Lipinski definition) is 11. The van der Waals surface area contributed by atoms with Gasteiger partial charge >= 0.3 is 0 Å². The summed E-state index contributed by atoms with van der Waals surface area (Å²) in [5.41, 5.74) is 18.1. The number of nitrogens with zero attached hydrogens (tertiary/aromatic N) is 4. The van der Waals surface area contributed by atoms with Crippen LogP contribution in [0, 0.1) is 20.5 Å². The van der Waals surface area contributed by atoms with Crippen LogP contribution in [0.25, 0.3) is 43.1 Å². The molecular formula is C82H80Cl2N4O8S. The molecule has 0 aliphatic carbocycles. The zero-order valence-electron chi connectivity index (χ0n) is 56.0. The molecule has 0 saturated carbocycles. The monoisotopic (exact) mass is 1350 g/mol. The third-order valence-electron chi connectivity index (χ3n) is 20.4. The number of likely N-dealkylation sites (N-methyl/N-ethyl adjacent to an activating group) is 2. The van der Waals surface area contributed by atoms with E-state index in [9.17, 15) is 0 Å². The molecule has 15 heteroatoms. The minimum Gasteiger partial charge on any atom is -0.344 e. The maximum atomic E-state index is 8.49. The Labute approximate surface area is 577 Å². The Kier molecular flexibility index (Phi) is 19.5. The van der Waals surface area contributed by atoms with Crippen molar-refractivity contribution in [3.63, 3.8) is 0 Å². The van der Waals surface area contributed by atoms with Crippen LogP contribution >= 0.6 is 11.8 Å². The van der Waals surface area contributed by atoms with Crippen molar-refractivity contribution in [1.82, 2.24) is 0 Å². The minimum absolute atomic E-state index is 0.222. The van der Waals surface area contributed by atoms with Gasteiger partial charge in [0.05, 0.1) is 10.8 Å². The maximum absolute atomic E-state index is 8.49. The summed E-state index contributed by atoms with van der Waals surface area (Å²) in [5, 5.41) is 10.5. The van der Waals surface area contributed by atoms with Gasteiger partial charge in [0.25, 0.3) is 0 Å². The molecule has 4 aliphatic heterocycles. The third-order valence-corrected chi connectivity index (χ3v) is 21.3. The smallest absolute Gasteiger partial charge is 0.211 e. The predicted octanol–water partition coefficient (Wildman–Crippen LogP) is 10.6. The highest BCUT2D eigenvalue weighted by Crippen LogP contribution is 2.57. The van der Waals surface area contributed by atoms with Gasteiger partial charge in [-0.25, -0.2) is 37.3 Å². The first-order valence-electron chi connectivity index (χ1n) is 33.1. The van der Waals surface area contributed by atoms with Gasteiger partial charge in [0.1, 0.15) is 0 Å². The molecular weight excluding hydrogens is 1270 g/mol. The number of anilines is 2. The lowest BCUT2D eigenvalue weighted by Gasteiger charge is -2.33. The highest BCUT2D eigenvalue weighted by molar-refractivity contribution is 7.98. The molecule has 4 heterocycles. The molecule has 496 valence electrons. The summed E-state index contributed by atoms with van der Waals surface area (Å²) in [7, 11) is -9.89. The van der Waals surface area contributed by atoms with Crippen molar-refractivity contribution in [2.45, 2.75) is 103 Å². The van der Waals surface area contributed by atoms with Gasteiger partial charge in [-0.1, -0.05) is 196 Å². The van der Waals surface area contributed by atoms with Crippen LogP contribution in [-0.2, 0) is 34.5 Å². The number of thioether (sulfide) groups is 1. The van der Waals surface area contributed by atoms with Crippen molar-refractivity contribution < 1.29 is 66.9 Å². The van der Waals surface area contributed by atoms with Gasteiger partial charge in [-0.2, -0.15) is 9.15 Å². The van der Waals surface area contributed by atoms with Gasteiger partial charge in [-0.15, -0.1) is 20.5 Å². The molecule has 97 heavy (non-hydrogen) atoms. The second kappa shape index (κ2) is 27.6. The molecule has 2 atom stereocenters. The quantitative estimate of drug-likeness (QED) is 0.0835. The van der Waals surface area contributed by atoms with Crippen molar-refractivity contribution in [2.75, 3.05) is 34.6 Å². The SMILES string of the molecule is CCN1C(=CC=CC2=[N+](CSC[N+]3=C(C=CC=C4N(CC)c5ccc6ccccc6c5C4(CC)Cc4ccccc4)C(C)(C)c4c3ccc3ccccc43)c3ccc4ccccc4c3C2(C)C)C(CC)(Cc2ccccc2)c2c1ccc1ccccc21.[O-][Cl+3]([O-])([O-])[O-].[O-][Cl+3]([O-])([O-])[O-]. The van der Waals surface area contributed by atoms with Crippen LogP contribution in [0.3, 0.4) is 0 Å². The molecule has 0 bridgehead atoms. The molecule has 0 N–H and O–H groups in total. The Morgan fingerprint density at radius 3 is 1.00 bits per heavy atom. The van der Waals surface area contributed by atoms with E-state index in [1.54, 1.807) is 0 Å². The van der Waals surface area contributed by atoms with Crippen LogP contribution in [0.2, 0.25) is 0 Å². The van der Waals surface area contributed by atoms with E-state index >= 15 is 0 Å². The zero-order valence-corrected chi connectivity index (χ0v) is 58.3. The van der Waals surface area contributed by atoms with Gasteiger partial charge in [0.2, 0.25) is 23.1 Å². The molecule has 0 saturated heterocycles. The van der Waals surface area contributed by atoms with Crippen LogP contribution in [0.4, 0.5) is 22.7 Å². The normalized spacial score (nSPS) is 19.4. The molecule has 10 aromatic rings. The van der Waals surface area contributed by atoms with E-state index in [1.165, 1.54) is 122 Å². The van der Waals surface area contributed by atoms with Crippen LogP contribution < -0.4 is 47.1 Å². The largest absolute Gasteiger partial charge is 0.344 e. The Balaban J connectivity index is 0.000000838. The molecule has 10 aromatic carbocycles. The summed E-state index contributed by atoms with van der Waals surface area (Å²) in [6.07, 6.45) is 18.5. The first-order valence-corrected chi connectivity index (χ1v) is 36.7. The van der Waals surface area contributed by atoms with E-state index in [2.05, 4.69) is 317 Å². The summed E-state index contributed by atoms with van der Waals surface area (Å²) in [4.78, 5) is 5.21. The first kappa shape index (κ1) is 68.7. The van der Waals surface area contributed by atoms with Gasteiger partial charge in [0, 0.05) is 82.1 Å². The molecule has 14 rings (SSSR count). The van der Waals surface area contributed by atoms with Crippen molar-refractivity contribution in [1.29, 1.82) is 0 Å². The number of benzene rings is 10. The number of allylic oxidation sites excluding steroid dienone is 8. The van der Waals surface area contributed by atoms with E-state index in [0.717, 1.165) is 50.5 Å². The Bertz CT molecular complexity index is 4510. The third kappa shape index (κ3) is 13.1. The van der Waals surface area contributed by atoms with E-state index < -0.39 is 20.5 Å². The fourth-order valence-corrected chi connectivity index (χ4v) is 17.4. The van der Waals surface area contributed by atoms with E-state index in [0.29, 0.717) is 0 Å². The number of hydrogen-bond donors (Lipinski definition) is 0. The second-order valence-electron chi connectivity index (χ2n) is 26.3. The van der Waals surface area contributed by atoms with Gasteiger partial charge < -0.3 is 9.80 Å². The number of fused-ring (bicyclic) bond motifs is 12. The molecule has 0 amide bonds. The highest BCUT2D eigenvalue weighted by Gasteiger charge is 2.51. The molecule has 2 unspecified atom stereocenters. The molecule has 12 nitrogen and oxygen atoms in total. The number of rotatable bonds is 16. The van der Waals surface area contributed by atoms with Crippen LogP contribution in [-0.4, -0.2) is 45.4 Å². The van der Waals surface area contributed by atoms with Crippen molar-refractivity contribution in [2.24, 2.45) is 0 Å². The van der Waals surface area contributed by atoms with E-state index in [4.69, 9.17) is 37.3 Å². The summed E-state index contributed by atoms with van der Waals surface area (Å²) in [5.74, 6) is 1.57. The lowest BCUT2D eigenvalue weighted by atomic mass is 9.71. The Morgan fingerprint density at radius 2 is 0.680 bits per heavy atom. The van der Waals surface area contributed by atoms with Gasteiger partial charge in [-0.05, 0) is 181 Å². The van der Waals surface area contributed by atoms with Gasteiger partial charge in [0.15, 0.2) is 11.4 Å². The topological polar surface area (TPSA) is 197 Å². The average molecular weight is 1350 g/mol. The second-order valence-corrected chi connectivity index (χ2v) is 28.8. The van der Waals surface area contributed by atoms with E-state index in [1.807, 2.05) is 11.8 Å². The van der Waals surface area contributed by atoms with Gasteiger partial charge in [-0.3, -0.25) is 0 Å². The average Bonchev–Trinajstić information content (AvgIpc) is 1.58. The Hall–Kier alpha value is -8.25. The van der Waals surface area contributed by atoms with Crippen molar-refractivity contribution in [3.8, 4) is 0 Å². The first-order chi connectivity index (χ1) is 46.5. The fraction of sp³-hybridized carbons (Fsp3) is 0.244.